The van der Waals surface area contributed by atoms with Gasteiger partial charge in [-0.25, -0.2) is 4.79 Å². The summed E-state index contributed by atoms with van der Waals surface area (Å²) >= 11 is 0. The van der Waals surface area contributed by atoms with Crippen molar-refractivity contribution in [3.63, 3.8) is 0 Å². The normalized spacial score (nSPS) is 18.1. The Kier molecular flexibility index (Phi) is 5.75. The van der Waals surface area contributed by atoms with Gasteiger partial charge in [0.15, 0.2) is 0 Å². The summed E-state index contributed by atoms with van der Waals surface area (Å²) in [4.78, 5) is 18.2. The second-order valence-corrected chi connectivity index (χ2v) is 5.08. The molecule has 4 nitrogen and oxygen atoms in total. The van der Waals surface area contributed by atoms with Crippen LogP contribution in [0.1, 0.15) is 26.7 Å². The van der Waals surface area contributed by atoms with E-state index in [9.17, 15) is 4.79 Å². The Balaban J connectivity index is 2.37. The molecule has 0 aromatic carbocycles. The van der Waals surface area contributed by atoms with Crippen molar-refractivity contribution in [1.82, 2.24) is 14.7 Å². The Labute approximate surface area is 106 Å². The quantitative estimate of drug-likeness (QED) is 0.749. The Bertz CT molecular complexity index is 233. The highest BCUT2D eigenvalue weighted by Crippen LogP contribution is 2.17. The lowest BCUT2D eigenvalue weighted by Crippen LogP contribution is -2.44. The van der Waals surface area contributed by atoms with Crippen molar-refractivity contribution in [2.45, 2.75) is 26.7 Å². The summed E-state index contributed by atoms with van der Waals surface area (Å²) in [5.41, 5.74) is 0. The molecule has 0 radical (unpaired) electrons. The summed E-state index contributed by atoms with van der Waals surface area (Å²) in [7, 11) is 4.10. The van der Waals surface area contributed by atoms with Crippen molar-refractivity contribution in [2.24, 2.45) is 5.92 Å². The standard InChI is InChI=1S/C13H27N3O/c1-5-16(6-2)13(17)15(4)11-12-7-9-14(3)10-8-12/h12H,5-11H2,1-4H3. The summed E-state index contributed by atoms with van der Waals surface area (Å²) in [6.45, 7) is 8.90. The van der Waals surface area contributed by atoms with Crippen LogP contribution in [-0.2, 0) is 0 Å². The van der Waals surface area contributed by atoms with E-state index in [0.717, 1.165) is 32.7 Å². The molecule has 0 aliphatic carbocycles. The van der Waals surface area contributed by atoms with Crippen molar-refractivity contribution >= 4 is 6.03 Å². The number of amides is 2. The predicted molar refractivity (Wildman–Crippen MR) is 71.2 cm³/mol. The fourth-order valence-electron chi connectivity index (χ4n) is 2.45. The average Bonchev–Trinajstić information content (AvgIpc) is 2.33. The molecule has 0 atom stereocenters. The summed E-state index contributed by atoms with van der Waals surface area (Å²) in [6.07, 6.45) is 2.43. The van der Waals surface area contributed by atoms with E-state index in [1.807, 2.05) is 30.7 Å². The molecule has 1 heterocycles. The molecule has 17 heavy (non-hydrogen) atoms. The van der Waals surface area contributed by atoms with Crippen molar-refractivity contribution < 1.29 is 4.79 Å². The number of piperidine rings is 1. The summed E-state index contributed by atoms with van der Waals surface area (Å²) < 4.78 is 0. The molecule has 0 saturated carbocycles. The molecule has 1 aliphatic rings. The molecular formula is C13H27N3O. The van der Waals surface area contributed by atoms with Crippen molar-refractivity contribution in [3.05, 3.63) is 0 Å². The van der Waals surface area contributed by atoms with Gasteiger partial charge in [-0.05, 0) is 52.7 Å². The molecule has 0 bridgehead atoms. The molecule has 0 unspecified atom stereocenters. The number of carbonyl (C=O) groups excluding carboxylic acids is 1. The molecule has 2 amide bonds. The number of urea groups is 1. The maximum absolute atomic E-state index is 12.1. The third kappa shape index (κ3) is 4.19. The molecule has 1 saturated heterocycles. The molecule has 1 aliphatic heterocycles. The monoisotopic (exact) mass is 241 g/mol. The molecular weight excluding hydrogens is 214 g/mol. The summed E-state index contributed by atoms with van der Waals surface area (Å²) in [5.74, 6) is 0.677. The van der Waals surface area contributed by atoms with Crippen LogP contribution in [0.4, 0.5) is 4.79 Å². The van der Waals surface area contributed by atoms with Gasteiger partial charge in [0.2, 0.25) is 0 Å². The zero-order chi connectivity index (χ0) is 12.8. The summed E-state index contributed by atoms with van der Waals surface area (Å²) in [5, 5.41) is 0. The molecule has 0 aromatic rings. The van der Waals surface area contributed by atoms with E-state index in [1.54, 1.807) is 0 Å². The lowest BCUT2D eigenvalue weighted by Gasteiger charge is -2.33. The number of hydrogen-bond acceptors (Lipinski definition) is 2. The van der Waals surface area contributed by atoms with E-state index in [-0.39, 0.29) is 6.03 Å². The van der Waals surface area contributed by atoms with Crippen LogP contribution < -0.4 is 0 Å². The first-order valence-electron chi connectivity index (χ1n) is 6.77. The Morgan fingerprint density at radius 2 is 1.76 bits per heavy atom. The fourth-order valence-corrected chi connectivity index (χ4v) is 2.45. The van der Waals surface area contributed by atoms with Gasteiger partial charge in [0.05, 0.1) is 0 Å². The van der Waals surface area contributed by atoms with Gasteiger partial charge in [-0.3, -0.25) is 0 Å². The lowest BCUT2D eigenvalue weighted by atomic mass is 9.97. The highest BCUT2D eigenvalue weighted by atomic mass is 16.2. The van der Waals surface area contributed by atoms with Gasteiger partial charge in [0.1, 0.15) is 0 Å². The molecule has 0 aromatic heterocycles. The third-order valence-electron chi connectivity index (χ3n) is 3.73. The van der Waals surface area contributed by atoms with Crippen LogP contribution in [0.15, 0.2) is 0 Å². The van der Waals surface area contributed by atoms with Crippen LogP contribution in [-0.4, -0.2) is 67.5 Å². The topological polar surface area (TPSA) is 26.8 Å². The lowest BCUT2D eigenvalue weighted by molar-refractivity contribution is 0.144. The van der Waals surface area contributed by atoms with Crippen molar-refractivity contribution in [2.75, 3.05) is 46.8 Å². The second-order valence-electron chi connectivity index (χ2n) is 5.08. The minimum absolute atomic E-state index is 0.175. The third-order valence-corrected chi connectivity index (χ3v) is 3.73. The minimum Gasteiger partial charge on any atom is -0.327 e. The van der Waals surface area contributed by atoms with Gasteiger partial charge in [-0.15, -0.1) is 0 Å². The largest absolute Gasteiger partial charge is 0.327 e. The van der Waals surface area contributed by atoms with Crippen molar-refractivity contribution in [1.29, 1.82) is 0 Å². The first-order valence-corrected chi connectivity index (χ1v) is 6.77. The van der Waals surface area contributed by atoms with Crippen LogP contribution in [0.5, 0.6) is 0 Å². The highest BCUT2D eigenvalue weighted by molar-refractivity contribution is 5.74. The molecule has 0 spiro atoms. The fraction of sp³-hybridized carbons (Fsp3) is 0.923. The van der Waals surface area contributed by atoms with E-state index in [4.69, 9.17) is 0 Å². The number of hydrogen-bond donors (Lipinski definition) is 0. The highest BCUT2D eigenvalue weighted by Gasteiger charge is 2.21. The number of carbonyl (C=O) groups is 1. The molecule has 1 rings (SSSR count). The van der Waals surface area contributed by atoms with Crippen LogP contribution in [0.3, 0.4) is 0 Å². The van der Waals surface area contributed by atoms with Gasteiger partial charge in [-0.1, -0.05) is 0 Å². The predicted octanol–water partition coefficient (Wildman–Crippen LogP) is 1.72. The van der Waals surface area contributed by atoms with Crippen LogP contribution in [0, 0.1) is 5.92 Å². The Hall–Kier alpha value is -0.770. The smallest absolute Gasteiger partial charge is 0.319 e. The van der Waals surface area contributed by atoms with Crippen LogP contribution in [0.25, 0.3) is 0 Å². The van der Waals surface area contributed by atoms with Crippen molar-refractivity contribution in [3.8, 4) is 0 Å². The van der Waals surface area contributed by atoms with Crippen LogP contribution >= 0.6 is 0 Å². The average molecular weight is 241 g/mol. The van der Waals surface area contributed by atoms with Crippen LogP contribution in [0.2, 0.25) is 0 Å². The van der Waals surface area contributed by atoms with E-state index < -0.39 is 0 Å². The molecule has 1 fully saturated rings. The minimum atomic E-state index is 0.175. The zero-order valence-electron chi connectivity index (χ0n) is 11.8. The Morgan fingerprint density at radius 1 is 1.24 bits per heavy atom. The van der Waals surface area contributed by atoms with E-state index >= 15 is 0 Å². The maximum Gasteiger partial charge on any atom is 0.319 e. The van der Waals surface area contributed by atoms with E-state index in [2.05, 4.69) is 11.9 Å². The number of likely N-dealkylation sites (tertiary alicyclic amines) is 1. The van der Waals surface area contributed by atoms with Gasteiger partial charge in [0.25, 0.3) is 0 Å². The first-order chi connectivity index (χ1) is 8.08. The molecule has 4 heteroatoms. The molecule has 100 valence electrons. The number of nitrogens with zero attached hydrogens (tertiary/aromatic N) is 3. The first kappa shape index (κ1) is 14.3. The van der Waals surface area contributed by atoms with Gasteiger partial charge >= 0.3 is 6.03 Å². The summed E-state index contributed by atoms with van der Waals surface area (Å²) in [6, 6.07) is 0.175. The van der Waals surface area contributed by atoms with Gasteiger partial charge < -0.3 is 14.7 Å². The second kappa shape index (κ2) is 6.84. The molecule has 0 N–H and O–H groups in total. The Morgan fingerprint density at radius 3 is 2.24 bits per heavy atom. The SMILES string of the molecule is CCN(CC)C(=O)N(C)CC1CCN(C)CC1. The van der Waals surface area contributed by atoms with E-state index in [1.165, 1.54) is 12.8 Å². The van der Waals surface area contributed by atoms with E-state index in [0.29, 0.717) is 5.92 Å². The van der Waals surface area contributed by atoms with Gasteiger partial charge in [-0.2, -0.15) is 0 Å². The zero-order valence-corrected chi connectivity index (χ0v) is 11.8. The number of rotatable bonds is 4. The van der Waals surface area contributed by atoms with Gasteiger partial charge in [0, 0.05) is 26.7 Å². The maximum atomic E-state index is 12.1.